The van der Waals surface area contributed by atoms with Gasteiger partial charge in [0.1, 0.15) is 0 Å². The van der Waals surface area contributed by atoms with Crippen molar-refractivity contribution in [3.05, 3.63) is 17.0 Å². The highest BCUT2D eigenvalue weighted by atomic mass is 32.2. The van der Waals surface area contributed by atoms with E-state index in [0.29, 0.717) is 18.2 Å². The van der Waals surface area contributed by atoms with Crippen molar-refractivity contribution in [3.63, 3.8) is 0 Å². The molecular weight excluding hydrogens is 298 g/mol. The lowest BCUT2D eigenvalue weighted by molar-refractivity contribution is 0.371. The first-order valence-corrected chi connectivity index (χ1v) is 10.3. The van der Waals surface area contributed by atoms with Crippen LogP contribution in [0.3, 0.4) is 0 Å². The Morgan fingerprint density at radius 3 is 2.55 bits per heavy atom. The topological polar surface area (TPSA) is 64.0 Å². The summed E-state index contributed by atoms with van der Waals surface area (Å²) in [5.41, 5.74) is 3.41. The summed E-state index contributed by atoms with van der Waals surface area (Å²) in [5.74, 6) is 0.538. The molecule has 2 fully saturated rings. The molecular formula is C16H27N3O2S. The van der Waals surface area contributed by atoms with Crippen LogP contribution in [0.4, 0.5) is 0 Å². The van der Waals surface area contributed by atoms with Crippen LogP contribution in [-0.4, -0.2) is 35.7 Å². The third kappa shape index (κ3) is 3.38. The summed E-state index contributed by atoms with van der Waals surface area (Å²) >= 11 is 0. The van der Waals surface area contributed by atoms with E-state index >= 15 is 0 Å². The van der Waals surface area contributed by atoms with E-state index in [0.717, 1.165) is 17.9 Å². The first kappa shape index (κ1) is 16.0. The van der Waals surface area contributed by atoms with E-state index in [2.05, 4.69) is 17.3 Å². The normalized spacial score (nSPS) is 25.6. The van der Waals surface area contributed by atoms with Crippen LogP contribution >= 0.6 is 0 Å². The van der Waals surface area contributed by atoms with Gasteiger partial charge in [-0.25, -0.2) is 8.42 Å². The van der Waals surface area contributed by atoms with Crippen molar-refractivity contribution in [2.75, 3.05) is 11.5 Å². The molecule has 1 saturated heterocycles. The van der Waals surface area contributed by atoms with E-state index in [1.54, 1.807) is 0 Å². The minimum absolute atomic E-state index is 0.0205. The second kappa shape index (κ2) is 6.32. The zero-order valence-electron chi connectivity index (χ0n) is 13.6. The number of aryl methyl sites for hydroxylation is 1. The van der Waals surface area contributed by atoms with Gasteiger partial charge in [0.05, 0.1) is 23.2 Å². The van der Waals surface area contributed by atoms with Gasteiger partial charge in [0, 0.05) is 23.8 Å². The average Bonchev–Trinajstić information content (AvgIpc) is 2.98. The van der Waals surface area contributed by atoms with Crippen molar-refractivity contribution >= 4 is 9.84 Å². The highest BCUT2D eigenvalue weighted by molar-refractivity contribution is 7.91. The maximum Gasteiger partial charge on any atom is 0.152 e. The monoisotopic (exact) mass is 325 g/mol. The molecule has 1 aromatic heterocycles. The molecule has 1 N–H and O–H groups in total. The SMILES string of the molecule is Cc1nn(C2CCS(=O)(=O)C2)c(C)c1CNC1CCCCC1. The maximum atomic E-state index is 11.7. The van der Waals surface area contributed by atoms with Crippen molar-refractivity contribution in [2.45, 2.75) is 71.0 Å². The molecule has 1 aliphatic heterocycles. The van der Waals surface area contributed by atoms with E-state index in [9.17, 15) is 8.42 Å². The van der Waals surface area contributed by atoms with Gasteiger partial charge in [0.2, 0.25) is 0 Å². The fourth-order valence-electron chi connectivity index (χ4n) is 3.83. The Bertz CT molecular complexity index is 630. The Balaban J connectivity index is 1.70. The summed E-state index contributed by atoms with van der Waals surface area (Å²) in [7, 11) is -2.87. The molecule has 22 heavy (non-hydrogen) atoms. The zero-order valence-corrected chi connectivity index (χ0v) is 14.5. The number of rotatable bonds is 4. The van der Waals surface area contributed by atoms with Crippen LogP contribution in [-0.2, 0) is 16.4 Å². The Labute approximate surface area is 133 Å². The minimum atomic E-state index is -2.87. The van der Waals surface area contributed by atoms with Gasteiger partial charge in [-0.1, -0.05) is 19.3 Å². The quantitative estimate of drug-likeness (QED) is 0.922. The van der Waals surface area contributed by atoms with Gasteiger partial charge in [-0.3, -0.25) is 4.68 Å². The number of sulfone groups is 1. The molecule has 1 atom stereocenters. The summed E-state index contributed by atoms with van der Waals surface area (Å²) in [4.78, 5) is 0. The van der Waals surface area contributed by atoms with Crippen LogP contribution in [0.1, 0.15) is 61.5 Å². The number of nitrogens with zero attached hydrogens (tertiary/aromatic N) is 2. The lowest BCUT2D eigenvalue weighted by Gasteiger charge is -2.23. The Morgan fingerprint density at radius 1 is 1.18 bits per heavy atom. The molecule has 1 aliphatic carbocycles. The summed E-state index contributed by atoms with van der Waals surface area (Å²) in [5, 5.41) is 8.30. The highest BCUT2D eigenvalue weighted by Gasteiger charge is 2.31. The second-order valence-electron chi connectivity index (χ2n) is 6.87. The Morgan fingerprint density at radius 2 is 1.91 bits per heavy atom. The number of hydrogen-bond donors (Lipinski definition) is 1. The third-order valence-electron chi connectivity index (χ3n) is 5.20. The van der Waals surface area contributed by atoms with Crippen LogP contribution < -0.4 is 5.32 Å². The summed E-state index contributed by atoms with van der Waals surface area (Å²) in [6, 6.07) is 0.648. The molecule has 0 aromatic carbocycles. The Hall–Kier alpha value is -0.880. The second-order valence-corrected chi connectivity index (χ2v) is 9.10. The molecule has 1 unspecified atom stereocenters. The molecule has 0 spiro atoms. The molecule has 2 heterocycles. The zero-order chi connectivity index (χ0) is 15.7. The van der Waals surface area contributed by atoms with Crippen molar-refractivity contribution in [3.8, 4) is 0 Å². The van der Waals surface area contributed by atoms with Crippen LogP contribution in [0.2, 0.25) is 0 Å². The first-order chi connectivity index (χ1) is 10.5. The van der Waals surface area contributed by atoms with Crippen molar-refractivity contribution in [1.29, 1.82) is 0 Å². The first-order valence-electron chi connectivity index (χ1n) is 8.44. The predicted molar refractivity (Wildman–Crippen MR) is 87.7 cm³/mol. The number of hydrogen-bond acceptors (Lipinski definition) is 4. The van der Waals surface area contributed by atoms with E-state index in [4.69, 9.17) is 0 Å². The van der Waals surface area contributed by atoms with Crippen LogP contribution in [0.5, 0.6) is 0 Å². The standard InChI is InChI=1S/C16H27N3O2S/c1-12-16(10-17-14-6-4-3-5-7-14)13(2)19(18-12)15-8-9-22(20,21)11-15/h14-15,17H,3-11H2,1-2H3. The van der Waals surface area contributed by atoms with Gasteiger partial charge in [-0.2, -0.15) is 5.10 Å². The molecule has 1 saturated carbocycles. The molecule has 1 aromatic rings. The van der Waals surface area contributed by atoms with Crippen molar-refractivity contribution in [1.82, 2.24) is 15.1 Å². The van der Waals surface area contributed by atoms with Crippen LogP contribution in [0.15, 0.2) is 0 Å². The van der Waals surface area contributed by atoms with Crippen LogP contribution in [0.25, 0.3) is 0 Å². The summed E-state index contributed by atoms with van der Waals surface area (Å²) < 4.78 is 25.3. The molecule has 0 amide bonds. The fourth-order valence-corrected chi connectivity index (χ4v) is 5.52. The van der Waals surface area contributed by atoms with Gasteiger partial charge >= 0.3 is 0 Å². The van der Waals surface area contributed by atoms with E-state index in [1.807, 2.05) is 11.6 Å². The summed E-state index contributed by atoms with van der Waals surface area (Å²) in [6.07, 6.45) is 7.26. The van der Waals surface area contributed by atoms with E-state index in [-0.39, 0.29) is 11.8 Å². The Kier molecular flexibility index (Phi) is 4.59. The van der Waals surface area contributed by atoms with Crippen molar-refractivity contribution < 1.29 is 8.42 Å². The molecule has 0 bridgehead atoms. The van der Waals surface area contributed by atoms with Gasteiger partial charge < -0.3 is 5.32 Å². The summed E-state index contributed by atoms with van der Waals surface area (Å²) in [6.45, 7) is 4.95. The fraction of sp³-hybridized carbons (Fsp3) is 0.812. The largest absolute Gasteiger partial charge is 0.310 e. The van der Waals surface area contributed by atoms with Crippen molar-refractivity contribution in [2.24, 2.45) is 0 Å². The average molecular weight is 325 g/mol. The van der Waals surface area contributed by atoms with E-state index < -0.39 is 9.84 Å². The van der Waals surface area contributed by atoms with E-state index in [1.165, 1.54) is 37.7 Å². The van der Waals surface area contributed by atoms with Crippen LogP contribution in [0, 0.1) is 13.8 Å². The lowest BCUT2D eigenvalue weighted by atomic mass is 9.95. The van der Waals surface area contributed by atoms with Gasteiger partial charge in [0.15, 0.2) is 9.84 Å². The molecule has 6 heteroatoms. The number of aromatic nitrogens is 2. The minimum Gasteiger partial charge on any atom is -0.310 e. The molecule has 3 rings (SSSR count). The van der Waals surface area contributed by atoms with Gasteiger partial charge in [0.25, 0.3) is 0 Å². The number of nitrogens with one attached hydrogen (secondary N) is 1. The molecule has 5 nitrogen and oxygen atoms in total. The lowest BCUT2D eigenvalue weighted by Crippen LogP contribution is -2.30. The molecule has 124 valence electrons. The predicted octanol–water partition coefficient (Wildman–Crippen LogP) is 2.28. The highest BCUT2D eigenvalue weighted by Crippen LogP contribution is 2.27. The molecule has 0 radical (unpaired) electrons. The maximum absolute atomic E-state index is 11.7. The smallest absolute Gasteiger partial charge is 0.152 e. The van der Waals surface area contributed by atoms with Gasteiger partial charge in [-0.15, -0.1) is 0 Å². The van der Waals surface area contributed by atoms with Gasteiger partial charge in [-0.05, 0) is 33.1 Å². The third-order valence-corrected chi connectivity index (χ3v) is 6.95. The molecule has 2 aliphatic rings.